The predicted octanol–water partition coefficient (Wildman–Crippen LogP) is 4.70. The number of hydrogen-bond acceptors (Lipinski definition) is 4. The average molecular weight is 327 g/mol. The number of rotatable bonds is 3. The van der Waals surface area contributed by atoms with E-state index in [0.29, 0.717) is 11.3 Å². The number of thioether (sulfide) groups is 1. The first-order valence-electron chi connectivity index (χ1n) is 7.28. The molecule has 0 saturated heterocycles. The minimum Gasteiger partial charge on any atom is -0.454 e. The molecule has 0 unspecified atom stereocenters. The topological polar surface area (TPSA) is 31.4 Å². The van der Waals surface area contributed by atoms with Crippen LogP contribution in [0.2, 0.25) is 0 Å². The maximum absolute atomic E-state index is 13.7. The Morgan fingerprint density at radius 3 is 2.74 bits per heavy atom. The number of fused-ring (bicyclic) bond motifs is 2. The highest BCUT2D eigenvalue weighted by Gasteiger charge is 2.16. The molecule has 1 aliphatic heterocycles. The van der Waals surface area contributed by atoms with E-state index in [-0.39, 0.29) is 12.6 Å². The van der Waals surface area contributed by atoms with Crippen LogP contribution in [0.4, 0.5) is 4.39 Å². The number of benzene rings is 2. The van der Waals surface area contributed by atoms with Crippen LogP contribution < -0.4 is 9.47 Å². The van der Waals surface area contributed by atoms with Gasteiger partial charge >= 0.3 is 0 Å². The minimum atomic E-state index is -0.179. The van der Waals surface area contributed by atoms with E-state index in [1.807, 2.05) is 25.1 Å². The first-order valence-corrected chi connectivity index (χ1v) is 8.26. The Balaban J connectivity index is 1.66. The summed E-state index contributed by atoms with van der Waals surface area (Å²) in [7, 11) is 0. The van der Waals surface area contributed by atoms with Gasteiger partial charge in [-0.05, 0) is 36.2 Å². The molecule has 2 aromatic carbocycles. The normalized spacial score (nSPS) is 12.8. The molecule has 0 radical (unpaired) electrons. The van der Waals surface area contributed by atoms with E-state index >= 15 is 0 Å². The molecule has 23 heavy (non-hydrogen) atoms. The largest absolute Gasteiger partial charge is 0.454 e. The highest BCUT2D eigenvalue weighted by atomic mass is 32.2. The molecule has 0 fully saturated rings. The van der Waals surface area contributed by atoms with E-state index in [9.17, 15) is 4.39 Å². The van der Waals surface area contributed by atoms with Gasteiger partial charge in [0.05, 0.1) is 10.5 Å². The Morgan fingerprint density at radius 2 is 1.91 bits per heavy atom. The predicted molar refractivity (Wildman–Crippen MR) is 88.6 cm³/mol. The molecule has 5 heteroatoms. The van der Waals surface area contributed by atoms with Crippen LogP contribution in [0, 0.1) is 12.7 Å². The molecule has 0 atom stereocenters. The van der Waals surface area contributed by atoms with Gasteiger partial charge in [0.25, 0.3) is 0 Å². The van der Waals surface area contributed by atoms with E-state index in [0.717, 1.165) is 33.0 Å². The second-order valence-corrected chi connectivity index (χ2v) is 6.35. The molecule has 3 nitrogen and oxygen atoms in total. The van der Waals surface area contributed by atoms with Crippen molar-refractivity contribution < 1.29 is 13.9 Å². The van der Waals surface area contributed by atoms with Crippen molar-refractivity contribution in [1.82, 2.24) is 4.98 Å². The van der Waals surface area contributed by atoms with E-state index in [1.165, 1.54) is 17.8 Å². The molecule has 0 aliphatic carbocycles. The van der Waals surface area contributed by atoms with Crippen molar-refractivity contribution in [1.29, 1.82) is 0 Å². The molecule has 0 spiro atoms. The van der Waals surface area contributed by atoms with Gasteiger partial charge in [0, 0.05) is 17.2 Å². The van der Waals surface area contributed by atoms with Crippen molar-refractivity contribution in [2.24, 2.45) is 0 Å². The van der Waals surface area contributed by atoms with E-state index in [2.05, 4.69) is 6.07 Å². The van der Waals surface area contributed by atoms with Gasteiger partial charge < -0.3 is 9.47 Å². The second kappa shape index (κ2) is 5.74. The van der Waals surface area contributed by atoms with Crippen LogP contribution in [-0.2, 0) is 5.75 Å². The van der Waals surface area contributed by atoms with Gasteiger partial charge in [0.2, 0.25) is 6.79 Å². The third kappa shape index (κ3) is 2.72. The van der Waals surface area contributed by atoms with Gasteiger partial charge in [-0.15, -0.1) is 11.8 Å². The number of aromatic nitrogens is 1. The van der Waals surface area contributed by atoms with Crippen molar-refractivity contribution in [3.63, 3.8) is 0 Å². The zero-order valence-electron chi connectivity index (χ0n) is 12.5. The molecule has 4 rings (SSSR count). The monoisotopic (exact) mass is 327 g/mol. The van der Waals surface area contributed by atoms with E-state index in [1.54, 1.807) is 12.1 Å². The van der Waals surface area contributed by atoms with Crippen LogP contribution in [0.25, 0.3) is 10.9 Å². The molecule has 2 heterocycles. The highest BCUT2D eigenvalue weighted by molar-refractivity contribution is 7.98. The van der Waals surface area contributed by atoms with Crippen LogP contribution in [0.15, 0.2) is 47.5 Å². The molecule has 3 aromatic rings. The van der Waals surface area contributed by atoms with Gasteiger partial charge in [-0.3, -0.25) is 0 Å². The zero-order chi connectivity index (χ0) is 15.8. The lowest BCUT2D eigenvalue weighted by Crippen LogP contribution is -1.92. The molecule has 0 N–H and O–H groups in total. The smallest absolute Gasteiger partial charge is 0.231 e. The quantitative estimate of drug-likeness (QED) is 0.652. The van der Waals surface area contributed by atoms with Gasteiger partial charge in [0.1, 0.15) is 5.82 Å². The molecule has 116 valence electrons. The van der Waals surface area contributed by atoms with Crippen molar-refractivity contribution >= 4 is 22.7 Å². The number of ether oxygens (including phenoxy) is 2. The van der Waals surface area contributed by atoms with Gasteiger partial charge in [-0.2, -0.15) is 0 Å². The number of pyridine rings is 1. The lowest BCUT2D eigenvalue weighted by molar-refractivity contribution is 0.174. The molecule has 0 amide bonds. The summed E-state index contributed by atoms with van der Waals surface area (Å²) in [5, 5.41) is 1.92. The maximum atomic E-state index is 13.7. The first kappa shape index (κ1) is 14.3. The summed E-state index contributed by atoms with van der Waals surface area (Å²) in [6, 6.07) is 12.8. The molecular weight excluding hydrogens is 313 g/mol. The fraction of sp³-hybridized carbons (Fsp3) is 0.167. The van der Waals surface area contributed by atoms with Crippen LogP contribution in [0.1, 0.15) is 11.1 Å². The summed E-state index contributed by atoms with van der Waals surface area (Å²) in [4.78, 5) is 4.70. The van der Waals surface area contributed by atoms with Crippen LogP contribution in [0.5, 0.6) is 11.5 Å². The average Bonchev–Trinajstić information content (AvgIpc) is 2.99. The van der Waals surface area contributed by atoms with Crippen LogP contribution in [-0.4, -0.2) is 11.8 Å². The second-order valence-electron chi connectivity index (χ2n) is 5.39. The van der Waals surface area contributed by atoms with Crippen molar-refractivity contribution in [3.8, 4) is 11.5 Å². The molecular formula is C18H14FNO2S. The third-order valence-corrected chi connectivity index (χ3v) is 4.92. The number of aryl methyl sites for hydroxylation is 1. The fourth-order valence-corrected chi connectivity index (χ4v) is 3.54. The van der Waals surface area contributed by atoms with Gasteiger partial charge in [-0.25, -0.2) is 9.37 Å². The zero-order valence-corrected chi connectivity index (χ0v) is 13.3. The summed E-state index contributed by atoms with van der Waals surface area (Å²) >= 11 is 1.54. The fourth-order valence-electron chi connectivity index (χ4n) is 2.56. The third-order valence-electron chi connectivity index (χ3n) is 3.78. The van der Waals surface area contributed by atoms with Crippen LogP contribution >= 0.6 is 11.8 Å². The van der Waals surface area contributed by atoms with Gasteiger partial charge in [0.15, 0.2) is 11.5 Å². The van der Waals surface area contributed by atoms with E-state index < -0.39 is 0 Å². The first-order chi connectivity index (χ1) is 11.2. The Kier molecular flexibility index (Phi) is 3.58. The Hall–Kier alpha value is -2.27. The Bertz CT molecular complexity index is 898. The Morgan fingerprint density at radius 1 is 1.13 bits per heavy atom. The minimum absolute atomic E-state index is 0.179. The van der Waals surface area contributed by atoms with Crippen molar-refractivity contribution in [2.75, 3.05) is 6.79 Å². The lowest BCUT2D eigenvalue weighted by Gasteiger charge is -2.08. The summed E-state index contributed by atoms with van der Waals surface area (Å²) in [6.07, 6.45) is 0. The van der Waals surface area contributed by atoms with Crippen molar-refractivity contribution in [3.05, 3.63) is 59.4 Å². The molecule has 0 saturated carbocycles. The summed E-state index contributed by atoms with van der Waals surface area (Å²) in [5.74, 6) is 1.85. The lowest BCUT2D eigenvalue weighted by atomic mass is 10.1. The number of hydrogen-bond donors (Lipinski definition) is 0. The van der Waals surface area contributed by atoms with Gasteiger partial charge in [-0.1, -0.05) is 18.2 Å². The van der Waals surface area contributed by atoms with Crippen molar-refractivity contribution in [2.45, 2.75) is 17.7 Å². The summed E-state index contributed by atoms with van der Waals surface area (Å²) in [6.45, 7) is 2.26. The number of halogens is 1. The maximum Gasteiger partial charge on any atom is 0.231 e. The number of nitrogens with zero attached hydrogens (tertiary/aromatic N) is 1. The molecule has 1 aliphatic rings. The highest BCUT2D eigenvalue weighted by Crippen LogP contribution is 2.37. The Labute approximate surface area is 137 Å². The van der Waals surface area contributed by atoms with E-state index in [4.69, 9.17) is 14.5 Å². The standard InChI is InChI=1S/C18H14FNO2S/c1-11-6-13-7-16-17(22-10-21-16)8-15(13)20-18(11)23-9-12-4-2-3-5-14(12)19/h2-8H,9-10H2,1H3. The molecule has 0 bridgehead atoms. The summed E-state index contributed by atoms with van der Waals surface area (Å²) in [5.41, 5.74) is 2.61. The SMILES string of the molecule is Cc1cc2cc3c(cc2nc1SCc1ccccc1F)OCO3. The summed E-state index contributed by atoms with van der Waals surface area (Å²) < 4.78 is 24.5. The van der Waals surface area contributed by atoms with Crippen LogP contribution in [0.3, 0.4) is 0 Å². The molecule has 1 aromatic heterocycles.